The van der Waals surface area contributed by atoms with Crippen molar-refractivity contribution in [2.24, 2.45) is 0 Å². The van der Waals surface area contributed by atoms with Gasteiger partial charge in [-0.3, -0.25) is 9.69 Å². The fourth-order valence-electron chi connectivity index (χ4n) is 3.92. The number of methoxy groups -OCH3 is 1. The first kappa shape index (κ1) is 24.6. The first-order valence-corrected chi connectivity index (χ1v) is 12.9. The van der Waals surface area contributed by atoms with Crippen LogP contribution in [0.15, 0.2) is 36.4 Å². The molecule has 2 aromatic carbocycles. The van der Waals surface area contributed by atoms with Gasteiger partial charge >= 0.3 is 0 Å². The van der Waals surface area contributed by atoms with Crippen molar-refractivity contribution in [1.82, 2.24) is 15.2 Å². The summed E-state index contributed by atoms with van der Waals surface area (Å²) in [5.41, 5.74) is 1.45. The van der Waals surface area contributed by atoms with E-state index in [1.54, 1.807) is 18.4 Å². The van der Waals surface area contributed by atoms with Gasteiger partial charge in [0.1, 0.15) is 11.3 Å². The van der Waals surface area contributed by atoms with E-state index in [4.69, 9.17) is 26.1 Å². The molecule has 0 spiro atoms. The number of anilines is 1. The molecule has 7 nitrogen and oxygen atoms in total. The van der Waals surface area contributed by atoms with E-state index in [-0.39, 0.29) is 5.91 Å². The monoisotopic (exact) mass is 502 g/mol. The van der Waals surface area contributed by atoms with Gasteiger partial charge in [0, 0.05) is 44.8 Å². The van der Waals surface area contributed by atoms with Crippen molar-refractivity contribution >= 4 is 44.2 Å². The summed E-state index contributed by atoms with van der Waals surface area (Å²) in [6, 6.07) is 11.2. The summed E-state index contributed by atoms with van der Waals surface area (Å²) in [4.78, 5) is 22.0. The lowest BCUT2D eigenvalue weighted by atomic mass is 10.2. The highest BCUT2D eigenvalue weighted by molar-refractivity contribution is 7.22. The van der Waals surface area contributed by atoms with Gasteiger partial charge in [-0.1, -0.05) is 42.3 Å². The second-order valence-electron chi connectivity index (χ2n) is 8.24. The molecule has 0 aliphatic carbocycles. The van der Waals surface area contributed by atoms with Gasteiger partial charge < -0.3 is 19.7 Å². The lowest BCUT2D eigenvalue weighted by molar-refractivity contribution is 0.0947. The van der Waals surface area contributed by atoms with Crippen LogP contribution in [0, 0.1) is 0 Å². The van der Waals surface area contributed by atoms with Gasteiger partial charge in [-0.15, -0.1) is 0 Å². The number of ether oxygens (including phenoxy) is 2. The zero-order valence-electron chi connectivity index (χ0n) is 19.7. The van der Waals surface area contributed by atoms with E-state index in [1.807, 2.05) is 36.4 Å². The van der Waals surface area contributed by atoms with Crippen molar-refractivity contribution in [3.8, 4) is 11.5 Å². The SMILES string of the molecule is CCCCOc1cccc(C(=O)NCCN2CCN(c3nc4c(OC)c(Cl)ccc4s3)CC2)c1. The minimum absolute atomic E-state index is 0.0679. The summed E-state index contributed by atoms with van der Waals surface area (Å²) in [5, 5.41) is 4.60. The van der Waals surface area contributed by atoms with Crippen LogP contribution >= 0.6 is 22.9 Å². The molecule has 3 aromatic rings. The average molecular weight is 503 g/mol. The second kappa shape index (κ2) is 11.7. The molecule has 1 aromatic heterocycles. The van der Waals surface area contributed by atoms with Gasteiger partial charge in [-0.2, -0.15) is 0 Å². The number of nitrogens with one attached hydrogen (secondary N) is 1. The molecular weight excluding hydrogens is 472 g/mol. The number of carbonyl (C=O) groups is 1. The standard InChI is InChI=1S/C25H31ClN4O3S/c1-3-4-16-33-19-7-5-6-18(17-19)24(31)27-10-11-29-12-14-30(15-13-29)25-28-22-21(34-25)9-8-20(26)23(22)32-2/h5-9,17H,3-4,10-16H2,1-2H3,(H,27,31). The Bertz CT molecular complexity index is 1110. The van der Waals surface area contributed by atoms with Crippen LogP contribution in [0.2, 0.25) is 5.02 Å². The second-order valence-corrected chi connectivity index (χ2v) is 9.65. The fourth-order valence-corrected chi connectivity index (χ4v) is 5.16. The van der Waals surface area contributed by atoms with Crippen LogP contribution in [0.4, 0.5) is 5.13 Å². The van der Waals surface area contributed by atoms with Gasteiger partial charge in [0.05, 0.1) is 23.4 Å². The molecule has 0 bridgehead atoms. The van der Waals surface area contributed by atoms with Gasteiger partial charge in [-0.05, 0) is 36.8 Å². The Morgan fingerprint density at radius 3 is 2.79 bits per heavy atom. The number of nitrogens with zero attached hydrogens (tertiary/aromatic N) is 3. The van der Waals surface area contributed by atoms with E-state index in [0.29, 0.717) is 29.5 Å². The third kappa shape index (κ3) is 5.92. The molecule has 2 heterocycles. The highest BCUT2D eigenvalue weighted by atomic mass is 35.5. The smallest absolute Gasteiger partial charge is 0.251 e. The topological polar surface area (TPSA) is 66.9 Å². The lowest BCUT2D eigenvalue weighted by Crippen LogP contribution is -2.48. The molecule has 182 valence electrons. The van der Waals surface area contributed by atoms with E-state index in [9.17, 15) is 4.79 Å². The first-order chi connectivity index (χ1) is 16.6. The minimum atomic E-state index is -0.0679. The van der Waals surface area contributed by atoms with Crippen LogP contribution in [0.3, 0.4) is 0 Å². The van der Waals surface area contributed by atoms with Crippen LogP contribution in [-0.2, 0) is 0 Å². The molecule has 1 aliphatic heterocycles. The van der Waals surface area contributed by atoms with Crippen molar-refractivity contribution in [3.05, 3.63) is 47.0 Å². The Kier molecular flexibility index (Phi) is 8.48. The number of unbranched alkanes of at least 4 members (excludes halogenated alkanes) is 1. The van der Waals surface area contributed by atoms with E-state index >= 15 is 0 Å². The first-order valence-electron chi connectivity index (χ1n) is 11.7. The summed E-state index contributed by atoms with van der Waals surface area (Å²) in [5.74, 6) is 1.31. The molecule has 9 heteroatoms. The number of piperazine rings is 1. The molecule has 1 amide bonds. The number of benzene rings is 2. The van der Waals surface area contributed by atoms with Gasteiger partial charge in [0.25, 0.3) is 5.91 Å². The Morgan fingerprint density at radius 2 is 2.03 bits per heavy atom. The van der Waals surface area contributed by atoms with Gasteiger partial charge in [0.2, 0.25) is 0 Å². The maximum atomic E-state index is 12.5. The van der Waals surface area contributed by atoms with E-state index in [1.165, 1.54) is 0 Å². The van der Waals surface area contributed by atoms with Gasteiger partial charge in [-0.25, -0.2) is 4.98 Å². The maximum Gasteiger partial charge on any atom is 0.251 e. The predicted octanol–water partition coefficient (Wildman–Crippen LogP) is 4.69. The van der Waals surface area contributed by atoms with E-state index in [2.05, 4.69) is 22.0 Å². The Morgan fingerprint density at radius 1 is 1.21 bits per heavy atom. The van der Waals surface area contributed by atoms with Crippen molar-refractivity contribution in [2.75, 3.05) is 57.9 Å². The number of halogens is 1. The van der Waals surface area contributed by atoms with Crippen LogP contribution < -0.4 is 19.7 Å². The van der Waals surface area contributed by atoms with E-state index < -0.39 is 0 Å². The Balaban J connectivity index is 1.24. The largest absolute Gasteiger partial charge is 0.494 e. The van der Waals surface area contributed by atoms with Crippen molar-refractivity contribution in [1.29, 1.82) is 0 Å². The van der Waals surface area contributed by atoms with Crippen molar-refractivity contribution < 1.29 is 14.3 Å². The summed E-state index contributed by atoms with van der Waals surface area (Å²) in [7, 11) is 1.62. The third-order valence-corrected chi connectivity index (χ3v) is 7.26. The molecule has 1 fully saturated rings. The number of rotatable bonds is 10. The number of hydrogen-bond donors (Lipinski definition) is 1. The van der Waals surface area contributed by atoms with Crippen LogP contribution in [0.25, 0.3) is 10.2 Å². The zero-order valence-corrected chi connectivity index (χ0v) is 21.3. The average Bonchev–Trinajstić information content (AvgIpc) is 3.29. The number of aromatic nitrogens is 1. The minimum Gasteiger partial charge on any atom is -0.494 e. The molecule has 4 rings (SSSR count). The van der Waals surface area contributed by atoms with Crippen LogP contribution in [-0.4, -0.2) is 68.8 Å². The van der Waals surface area contributed by atoms with Crippen molar-refractivity contribution in [3.63, 3.8) is 0 Å². The quantitative estimate of drug-likeness (QED) is 0.406. The molecule has 0 radical (unpaired) electrons. The molecule has 1 saturated heterocycles. The highest BCUT2D eigenvalue weighted by Gasteiger charge is 2.21. The Hall–Kier alpha value is -2.55. The molecule has 1 N–H and O–H groups in total. The number of hydrogen-bond acceptors (Lipinski definition) is 7. The summed E-state index contributed by atoms with van der Waals surface area (Å²) in [6.07, 6.45) is 2.09. The van der Waals surface area contributed by atoms with Crippen LogP contribution in [0.5, 0.6) is 11.5 Å². The summed E-state index contributed by atoms with van der Waals surface area (Å²) < 4.78 is 12.2. The lowest BCUT2D eigenvalue weighted by Gasteiger charge is -2.34. The predicted molar refractivity (Wildman–Crippen MR) is 139 cm³/mol. The van der Waals surface area contributed by atoms with E-state index in [0.717, 1.165) is 66.7 Å². The molecule has 0 unspecified atom stereocenters. The molecule has 1 aliphatic rings. The van der Waals surface area contributed by atoms with Crippen LogP contribution in [0.1, 0.15) is 30.1 Å². The molecule has 34 heavy (non-hydrogen) atoms. The van der Waals surface area contributed by atoms with Crippen molar-refractivity contribution in [2.45, 2.75) is 19.8 Å². The number of thiazole rings is 1. The summed E-state index contributed by atoms with van der Waals surface area (Å²) in [6.45, 7) is 7.84. The third-order valence-electron chi connectivity index (χ3n) is 5.88. The normalized spacial score (nSPS) is 14.4. The Labute approximate surface area is 209 Å². The number of amides is 1. The van der Waals surface area contributed by atoms with Gasteiger partial charge in [0.15, 0.2) is 10.9 Å². The highest BCUT2D eigenvalue weighted by Crippen LogP contribution is 2.38. The molecular formula is C25H31ClN4O3S. The maximum absolute atomic E-state index is 12.5. The molecule has 0 atom stereocenters. The fraction of sp³-hybridized carbons (Fsp3) is 0.440. The molecule has 0 saturated carbocycles. The summed E-state index contributed by atoms with van der Waals surface area (Å²) >= 11 is 7.90. The number of carbonyl (C=O) groups excluding carboxylic acids is 1. The zero-order chi connectivity index (χ0) is 23.9. The number of fused-ring (bicyclic) bond motifs is 1.